The maximum atomic E-state index is 13.9. The highest BCUT2D eigenvalue weighted by Crippen LogP contribution is 2.23. The number of ether oxygens (including phenoxy) is 1. The number of hydrogen-bond donors (Lipinski definition) is 1. The van der Waals surface area contributed by atoms with Crippen LogP contribution in [0.2, 0.25) is 0 Å². The molecule has 0 aliphatic rings. The monoisotopic (exact) mass is 367 g/mol. The van der Waals surface area contributed by atoms with E-state index in [0.29, 0.717) is 11.1 Å². The number of benzene rings is 2. The Hall–Kier alpha value is -3.15. The number of rotatable bonds is 5. The summed E-state index contributed by atoms with van der Waals surface area (Å²) in [5.74, 6) is -0.539. The number of halogens is 1. The SMILES string of the molecule is COc1ccc(C(C)NC(=O)c2cnn(-c3ccccc3C)c2C)cc1F. The van der Waals surface area contributed by atoms with Gasteiger partial charge in [0.1, 0.15) is 0 Å². The highest BCUT2D eigenvalue weighted by molar-refractivity contribution is 5.95. The van der Waals surface area contributed by atoms with Crippen LogP contribution in [0.1, 0.15) is 40.1 Å². The van der Waals surface area contributed by atoms with Crippen molar-refractivity contribution >= 4 is 5.91 Å². The quantitative estimate of drug-likeness (QED) is 0.738. The van der Waals surface area contributed by atoms with Crippen LogP contribution in [-0.4, -0.2) is 22.8 Å². The third kappa shape index (κ3) is 3.69. The van der Waals surface area contributed by atoms with E-state index in [9.17, 15) is 9.18 Å². The van der Waals surface area contributed by atoms with Gasteiger partial charge in [-0.05, 0) is 50.1 Å². The van der Waals surface area contributed by atoms with Gasteiger partial charge in [-0.25, -0.2) is 9.07 Å². The average molecular weight is 367 g/mol. The summed E-state index contributed by atoms with van der Waals surface area (Å²) < 4.78 is 20.6. The number of carbonyl (C=O) groups excluding carboxylic acids is 1. The number of methoxy groups -OCH3 is 1. The van der Waals surface area contributed by atoms with Gasteiger partial charge in [0, 0.05) is 0 Å². The van der Waals surface area contributed by atoms with Crippen LogP contribution in [0.4, 0.5) is 4.39 Å². The molecule has 0 fully saturated rings. The standard InChI is InChI=1S/C21H22FN3O2/c1-13-7-5-6-8-19(13)25-15(3)17(12-23-25)21(26)24-14(2)16-9-10-20(27-4)18(22)11-16/h5-12,14H,1-4H3,(H,24,26). The number of nitrogens with one attached hydrogen (secondary N) is 1. The van der Waals surface area contributed by atoms with E-state index in [4.69, 9.17) is 4.74 Å². The first-order valence-electron chi connectivity index (χ1n) is 8.67. The van der Waals surface area contributed by atoms with Crippen LogP contribution in [-0.2, 0) is 0 Å². The number of carbonyl (C=O) groups is 1. The first-order valence-corrected chi connectivity index (χ1v) is 8.67. The molecule has 1 aromatic heterocycles. The molecule has 1 atom stereocenters. The molecule has 0 radical (unpaired) electrons. The van der Waals surface area contributed by atoms with E-state index in [-0.39, 0.29) is 17.7 Å². The number of aromatic nitrogens is 2. The van der Waals surface area contributed by atoms with Crippen molar-refractivity contribution < 1.29 is 13.9 Å². The molecule has 3 rings (SSSR count). The lowest BCUT2D eigenvalue weighted by atomic mass is 10.1. The fourth-order valence-electron chi connectivity index (χ4n) is 2.99. The van der Waals surface area contributed by atoms with Crippen LogP contribution < -0.4 is 10.1 Å². The molecular weight excluding hydrogens is 345 g/mol. The van der Waals surface area contributed by atoms with Gasteiger partial charge in [0.15, 0.2) is 11.6 Å². The molecule has 0 saturated heterocycles. The molecule has 5 nitrogen and oxygen atoms in total. The second kappa shape index (κ2) is 7.61. The summed E-state index contributed by atoms with van der Waals surface area (Å²) in [7, 11) is 1.41. The van der Waals surface area contributed by atoms with Crippen molar-refractivity contribution in [2.75, 3.05) is 7.11 Å². The molecule has 2 aromatic carbocycles. The summed E-state index contributed by atoms with van der Waals surface area (Å²) in [6.07, 6.45) is 1.55. The fourth-order valence-corrected chi connectivity index (χ4v) is 2.99. The smallest absolute Gasteiger partial charge is 0.255 e. The lowest BCUT2D eigenvalue weighted by Crippen LogP contribution is -2.27. The van der Waals surface area contributed by atoms with E-state index in [2.05, 4.69) is 10.4 Å². The molecule has 0 aliphatic heterocycles. The van der Waals surface area contributed by atoms with Crippen molar-refractivity contribution in [1.29, 1.82) is 0 Å². The molecular formula is C21H22FN3O2. The van der Waals surface area contributed by atoms with Crippen molar-refractivity contribution in [3.8, 4) is 11.4 Å². The van der Waals surface area contributed by atoms with Crippen molar-refractivity contribution in [3.05, 3.63) is 76.9 Å². The maximum absolute atomic E-state index is 13.9. The average Bonchev–Trinajstić information content (AvgIpc) is 3.03. The molecule has 1 amide bonds. The van der Waals surface area contributed by atoms with E-state index in [1.807, 2.05) is 38.1 Å². The summed E-state index contributed by atoms with van der Waals surface area (Å²) in [5.41, 5.74) is 3.89. The summed E-state index contributed by atoms with van der Waals surface area (Å²) in [6, 6.07) is 12.1. The van der Waals surface area contributed by atoms with Gasteiger partial charge in [0.25, 0.3) is 5.91 Å². The Labute approximate surface area is 157 Å². The predicted octanol–water partition coefficient (Wildman–Crippen LogP) is 4.13. The van der Waals surface area contributed by atoms with Gasteiger partial charge in [-0.3, -0.25) is 4.79 Å². The molecule has 140 valence electrons. The summed E-state index contributed by atoms with van der Waals surface area (Å²) in [4.78, 5) is 12.7. The van der Waals surface area contributed by atoms with Gasteiger partial charge in [0.05, 0.1) is 36.3 Å². The van der Waals surface area contributed by atoms with E-state index < -0.39 is 5.82 Å². The first kappa shape index (κ1) is 18.6. The third-order valence-electron chi connectivity index (χ3n) is 4.62. The lowest BCUT2D eigenvalue weighted by molar-refractivity contribution is 0.0939. The Morgan fingerprint density at radius 3 is 2.63 bits per heavy atom. The Morgan fingerprint density at radius 2 is 1.96 bits per heavy atom. The van der Waals surface area contributed by atoms with Crippen LogP contribution in [0.5, 0.6) is 5.75 Å². The molecule has 27 heavy (non-hydrogen) atoms. The molecule has 0 aliphatic carbocycles. The second-order valence-corrected chi connectivity index (χ2v) is 6.43. The minimum absolute atomic E-state index is 0.174. The molecule has 1 heterocycles. The van der Waals surface area contributed by atoms with Gasteiger partial charge in [-0.15, -0.1) is 0 Å². The number of amides is 1. The highest BCUT2D eigenvalue weighted by Gasteiger charge is 2.19. The zero-order chi connectivity index (χ0) is 19.6. The molecule has 0 bridgehead atoms. The summed E-state index contributed by atoms with van der Waals surface area (Å²) >= 11 is 0. The zero-order valence-corrected chi connectivity index (χ0v) is 15.8. The molecule has 1 unspecified atom stereocenters. The Morgan fingerprint density at radius 1 is 1.22 bits per heavy atom. The van der Waals surface area contributed by atoms with Crippen LogP contribution in [0.15, 0.2) is 48.7 Å². The molecule has 1 N–H and O–H groups in total. The molecule has 0 saturated carbocycles. The Balaban J connectivity index is 1.81. The van der Waals surface area contributed by atoms with Gasteiger partial charge in [0.2, 0.25) is 0 Å². The van der Waals surface area contributed by atoms with Crippen LogP contribution in [0.25, 0.3) is 5.69 Å². The van der Waals surface area contributed by atoms with Gasteiger partial charge in [-0.1, -0.05) is 24.3 Å². The largest absolute Gasteiger partial charge is 0.494 e. The van der Waals surface area contributed by atoms with Gasteiger partial charge >= 0.3 is 0 Å². The normalized spacial score (nSPS) is 11.9. The first-order chi connectivity index (χ1) is 12.9. The van der Waals surface area contributed by atoms with Crippen molar-refractivity contribution in [2.45, 2.75) is 26.8 Å². The molecule has 0 spiro atoms. The summed E-state index contributed by atoms with van der Waals surface area (Å²) in [6.45, 7) is 5.66. The topological polar surface area (TPSA) is 56.1 Å². The molecule has 3 aromatic rings. The fraction of sp³-hybridized carbons (Fsp3) is 0.238. The van der Waals surface area contributed by atoms with Gasteiger partial charge < -0.3 is 10.1 Å². The van der Waals surface area contributed by atoms with E-state index >= 15 is 0 Å². The van der Waals surface area contributed by atoms with E-state index in [1.54, 1.807) is 29.9 Å². The number of aryl methyl sites for hydroxylation is 1. The minimum Gasteiger partial charge on any atom is -0.494 e. The minimum atomic E-state index is -0.459. The van der Waals surface area contributed by atoms with Crippen molar-refractivity contribution in [3.63, 3.8) is 0 Å². The zero-order valence-electron chi connectivity index (χ0n) is 15.8. The van der Waals surface area contributed by atoms with Crippen LogP contribution >= 0.6 is 0 Å². The third-order valence-corrected chi connectivity index (χ3v) is 4.62. The predicted molar refractivity (Wildman–Crippen MR) is 102 cm³/mol. The van der Waals surface area contributed by atoms with Crippen LogP contribution in [0.3, 0.4) is 0 Å². The highest BCUT2D eigenvalue weighted by atomic mass is 19.1. The second-order valence-electron chi connectivity index (χ2n) is 6.43. The Bertz CT molecular complexity index is 981. The van der Waals surface area contributed by atoms with E-state index in [1.165, 1.54) is 13.2 Å². The van der Waals surface area contributed by atoms with Crippen molar-refractivity contribution in [2.24, 2.45) is 0 Å². The Kier molecular flexibility index (Phi) is 5.26. The maximum Gasteiger partial charge on any atom is 0.255 e. The van der Waals surface area contributed by atoms with E-state index in [0.717, 1.165) is 16.9 Å². The summed E-state index contributed by atoms with van der Waals surface area (Å²) in [5, 5.41) is 7.26. The van der Waals surface area contributed by atoms with Crippen molar-refractivity contribution in [1.82, 2.24) is 15.1 Å². The van der Waals surface area contributed by atoms with Crippen LogP contribution in [0, 0.1) is 19.7 Å². The number of nitrogens with zero attached hydrogens (tertiary/aromatic N) is 2. The number of hydrogen-bond acceptors (Lipinski definition) is 3. The van der Waals surface area contributed by atoms with Gasteiger partial charge in [-0.2, -0.15) is 5.10 Å². The lowest BCUT2D eigenvalue weighted by Gasteiger charge is -2.15. The molecule has 6 heteroatoms. The number of para-hydroxylation sites is 1.